The van der Waals surface area contributed by atoms with Crippen LogP contribution in [0.25, 0.3) is 0 Å². The first kappa shape index (κ1) is 33.4. The summed E-state index contributed by atoms with van der Waals surface area (Å²) >= 11 is 0. The van der Waals surface area contributed by atoms with E-state index in [0.717, 1.165) is 0 Å². The minimum Gasteiger partial charge on any atom is -0.349 e. The van der Waals surface area contributed by atoms with E-state index < -0.39 is 30.3 Å². The lowest BCUT2D eigenvalue weighted by Gasteiger charge is -2.44. The Labute approximate surface area is 264 Å². The lowest BCUT2D eigenvalue weighted by molar-refractivity contribution is -0.176. The molecule has 0 spiro atoms. The maximum Gasteiger partial charge on any atom is 0.404 e. The van der Waals surface area contributed by atoms with E-state index >= 15 is 4.39 Å². The Morgan fingerprint density at radius 3 is 2.56 bits per heavy atom. The van der Waals surface area contributed by atoms with E-state index in [2.05, 4.69) is 37.3 Å². The van der Waals surface area contributed by atoms with Gasteiger partial charge >= 0.3 is 6.18 Å². The van der Waals surface area contributed by atoms with Crippen molar-refractivity contribution in [3.8, 4) is 0 Å². The number of allylic oxidation sites excluding steroid dienone is 5. The molecule has 1 N–H and O–H groups in total. The number of nitrogens with one attached hydrogen (secondary N) is 1. The van der Waals surface area contributed by atoms with Crippen LogP contribution >= 0.6 is 0 Å². The highest BCUT2D eigenvalue weighted by molar-refractivity contribution is 5.97. The zero-order valence-electron chi connectivity index (χ0n) is 26.8. The molecule has 0 aromatic heterocycles. The van der Waals surface area contributed by atoms with E-state index in [0.29, 0.717) is 57.4 Å². The molecule has 45 heavy (non-hydrogen) atoms. The maximum absolute atomic E-state index is 15.2. The van der Waals surface area contributed by atoms with Crippen molar-refractivity contribution in [3.63, 3.8) is 0 Å². The third kappa shape index (κ3) is 7.55. The Kier molecular flexibility index (Phi) is 9.96. The molecule has 2 saturated heterocycles. The number of amides is 2. The van der Waals surface area contributed by atoms with Crippen molar-refractivity contribution in [1.29, 1.82) is 0 Å². The zero-order chi connectivity index (χ0) is 32.5. The van der Waals surface area contributed by atoms with Crippen LogP contribution < -0.4 is 5.32 Å². The second-order valence-electron chi connectivity index (χ2n) is 14.2. The number of hydrazone groups is 1. The Morgan fingerprint density at radius 1 is 1.09 bits per heavy atom. The number of hydrogen-bond acceptors (Lipinski definition) is 5. The van der Waals surface area contributed by atoms with Gasteiger partial charge in [0.05, 0.1) is 23.6 Å². The molecule has 2 aliphatic carbocycles. The average molecular weight is 634 g/mol. The molecule has 7 nitrogen and oxygen atoms in total. The van der Waals surface area contributed by atoms with Gasteiger partial charge in [0.15, 0.2) is 0 Å². The molecular weight excluding hydrogens is 586 g/mol. The standard InChI is InChI=1S/C34H47F4N5O2/c1-22-9-5-13-27(35)29(22)32(45)43-16-7-12-26(31(44)40-25-11-6-10-24(19-25)33(2,3)4)30(43)23-20-39-42(21-23)18-17-41-15-8-14-28(41)34(36,37)38/h5-6,9-11,20,23,25-28,30H,7-8,12-19,21H2,1-4H3,(H,40,44)/t23?,25?,26?,27?,28?,30-/m0/s1. The van der Waals surface area contributed by atoms with Crippen LogP contribution in [0.4, 0.5) is 17.6 Å². The van der Waals surface area contributed by atoms with Crippen LogP contribution in [0.1, 0.15) is 66.2 Å². The first-order valence-corrected chi connectivity index (χ1v) is 16.3. The highest BCUT2D eigenvalue weighted by Crippen LogP contribution is 2.36. The Morgan fingerprint density at radius 2 is 1.84 bits per heavy atom. The van der Waals surface area contributed by atoms with Gasteiger partial charge in [-0.2, -0.15) is 18.3 Å². The summed E-state index contributed by atoms with van der Waals surface area (Å²) < 4.78 is 55.7. The van der Waals surface area contributed by atoms with E-state index in [1.807, 2.05) is 12.2 Å². The van der Waals surface area contributed by atoms with Crippen molar-refractivity contribution in [3.05, 3.63) is 47.1 Å². The molecule has 2 amide bonds. The molecule has 5 aliphatic rings. The number of halogens is 4. The Balaban J connectivity index is 1.34. The fourth-order valence-corrected chi connectivity index (χ4v) is 7.54. The van der Waals surface area contributed by atoms with Crippen molar-refractivity contribution in [2.75, 3.05) is 32.7 Å². The van der Waals surface area contributed by atoms with Crippen molar-refractivity contribution >= 4 is 18.0 Å². The molecule has 11 heteroatoms. The molecule has 0 radical (unpaired) electrons. The summed E-state index contributed by atoms with van der Waals surface area (Å²) in [5.74, 6) is -1.40. The van der Waals surface area contributed by atoms with Crippen LogP contribution in [0.15, 0.2) is 52.2 Å². The van der Waals surface area contributed by atoms with Gasteiger partial charge in [-0.1, -0.05) is 56.7 Å². The van der Waals surface area contributed by atoms with Crippen LogP contribution in [0.3, 0.4) is 0 Å². The van der Waals surface area contributed by atoms with Crippen molar-refractivity contribution in [1.82, 2.24) is 20.1 Å². The number of alkyl halides is 4. The third-order valence-corrected chi connectivity index (χ3v) is 10.0. The van der Waals surface area contributed by atoms with Gasteiger partial charge in [-0.3, -0.25) is 19.5 Å². The molecule has 0 aromatic carbocycles. The first-order chi connectivity index (χ1) is 21.2. The van der Waals surface area contributed by atoms with Crippen LogP contribution in [0.5, 0.6) is 0 Å². The van der Waals surface area contributed by atoms with Crippen molar-refractivity contribution < 1.29 is 27.2 Å². The summed E-state index contributed by atoms with van der Waals surface area (Å²) in [6.07, 6.45) is 8.23. The normalized spacial score (nSPS) is 31.2. The molecule has 0 bridgehead atoms. The molecule has 3 aliphatic heterocycles. The van der Waals surface area contributed by atoms with Gasteiger partial charge in [-0.15, -0.1) is 0 Å². The minimum absolute atomic E-state index is 0.0355. The summed E-state index contributed by atoms with van der Waals surface area (Å²) in [6.45, 7) is 9.87. The molecule has 6 atom stereocenters. The van der Waals surface area contributed by atoms with E-state index in [1.165, 1.54) is 10.5 Å². The van der Waals surface area contributed by atoms with Gasteiger partial charge in [0, 0.05) is 44.7 Å². The molecule has 248 valence electrons. The fraction of sp³-hybridized carbons (Fsp3) is 0.676. The first-order valence-electron chi connectivity index (χ1n) is 16.3. The summed E-state index contributed by atoms with van der Waals surface area (Å²) in [5, 5.41) is 9.51. The smallest absolute Gasteiger partial charge is 0.349 e. The largest absolute Gasteiger partial charge is 0.404 e. The second kappa shape index (κ2) is 13.4. The summed E-state index contributed by atoms with van der Waals surface area (Å²) in [5.41, 5.74) is 1.92. The number of carbonyl (C=O) groups excluding carboxylic acids is 2. The van der Waals surface area contributed by atoms with Crippen molar-refractivity contribution in [2.45, 2.75) is 96.7 Å². The zero-order valence-corrected chi connectivity index (χ0v) is 26.8. The second-order valence-corrected chi connectivity index (χ2v) is 14.2. The minimum atomic E-state index is -4.26. The summed E-state index contributed by atoms with van der Waals surface area (Å²) in [6, 6.07) is -2.17. The predicted molar refractivity (Wildman–Crippen MR) is 167 cm³/mol. The summed E-state index contributed by atoms with van der Waals surface area (Å²) in [4.78, 5) is 31.2. The highest BCUT2D eigenvalue weighted by Gasteiger charge is 2.47. The van der Waals surface area contributed by atoms with E-state index in [4.69, 9.17) is 0 Å². The summed E-state index contributed by atoms with van der Waals surface area (Å²) in [7, 11) is 0. The van der Waals surface area contributed by atoms with Crippen LogP contribution in [0, 0.1) is 17.3 Å². The van der Waals surface area contributed by atoms with Crippen molar-refractivity contribution in [2.24, 2.45) is 22.4 Å². The van der Waals surface area contributed by atoms with Crippen LogP contribution in [0.2, 0.25) is 0 Å². The lowest BCUT2D eigenvalue weighted by Crippen LogP contribution is -2.58. The molecule has 5 rings (SSSR count). The van der Waals surface area contributed by atoms with Gasteiger partial charge in [0.25, 0.3) is 5.91 Å². The molecular formula is C34H47F4N5O2. The molecule has 0 saturated carbocycles. The van der Waals surface area contributed by atoms with Crippen LogP contribution in [-0.4, -0.2) is 96.0 Å². The van der Waals surface area contributed by atoms with Gasteiger partial charge in [0.2, 0.25) is 5.91 Å². The lowest BCUT2D eigenvalue weighted by atomic mass is 9.79. The number of piperidine rings is 1. The highest BCUT2D eigenvalue weighted by atomic mass is 19.4. The third-order valence-electron chi connectivity index (χ3n) is 10.0. The predicted octanol–water partition coefficient (Wildman–Crippen LogP) is 5.57. The number of carbonyl (C=O) groups is 2. The van der Waals surface area contributed by atoms with Gasteiger partial charge < -0.3 is 10.2 Å². The SMILES string of the molecule is CC1=C(C(=O)N2CCCC(C(=O)NC3C=CC=C(C(C)(C)C)C3)[C@@H]2C2C=NN(CCN3CCCC3C(F)(F)F)C2)C(F)CC=C1. The number of likely N-dealkylation sites (tertiary alicyclic amines) is 2. The quantitative estimate of drug-likeness (QED) is 0.373. The molecule has 3 heterocycles. The Hall–Kier alpha value is -2.95. The molecule has 2 fully saturated rings. The number of hydrogen-bond donors (Lipinski definition) is 1. The molecule has 5 unspecified atom stereocenters. The topological polar surface area (TPSA) is 68.2 Å². The fourth-order valence-electron chi connectivity index (χ4n) is 7.54. The van der Waals surface area contributed by atoms with Gasteiger partial charge in [-0.25, -0.2) is 4.39 Å². The monoisotopic (exact) mass is 633 g/mol. The maximum atomic E-state index is 15.2. The van der Waals surface area contributed by atoms with Gasteiger partial charge in [0.1, 0.15) is 12.2 Å². The van der Waals surface area contributed by atoms with E-state index in [-0.39, 0.29) is 54.1 Å². The van der Waals surface area contributed by atoms with Crippen LogP contribution in [-0.2, 0) is 9.59 Å². The van der Waals surface area contributed by atoms with E-state index in [1.54, 1.807) is 35.2 Å². The Bertz CT molecular complexity index is 1280. The molecule has 0 aromatic rings. The number of rotatable bonds is 7. The van der Waals surface area contributed by atoms with E-state index in [9.17, 15) is 22.8 Å². The number of nitrogens with zero attached hydrogens (tertiary/aromatic N) is 4. The average Bonchev–Trinajstić information content (AvgIpc) is 3.65. The van der Waals surface area contributed by atoms with Gasteiger partial charge in [-0.05, 0) is 56.6 Å².